The predicted molar refractivity (Wildman–Crippen MR) is 81.2 cm³/mol. The molecule has 0 radical (unpaired) electrons. The average Bonchev–Trinajstić information content (AvgIpc) is 2.99. The van der Waals surface area contributed by atoms with Gasteiger partial charge >= 0.3 is 0 Å². The predicted octanol–water partition coefficient (Wildman–Crippen LogP) is 2.84. The van der Waals surface area contributed by atoms with Gasteiger partial charge < -0.3 is 5.32 Å². The molecule has 7 heteroatoms. The van der Waals surface area contributed by atoms with Crippen molar-refractivity contribution >= 4 is 28.1 Å². The highest BCUT2D eigenvalue weighted by atomic mass is 32.2. The van der Waals surface area contributed by atoms with Crippen LogP contribution >= 0.6 is 23.1 Å². The van der Waals surface area contributed by atoms with Gasteiger partial charge in [0.15, 0.2) is 10.1 Å². The molecule has 0 atom stereocenters. The second-order valence-electron chi connectivity index (χ2n) is 4.59. The molecule has 20 heavy (non-hydrogen) atoms. The normalized spacial score (nSPS) is 11.6. The number of hydrogen-bond donors (Lipinski definition) is 1. The second kappa shape index (κ2) is 5.90. The molecular formula is C13H15N5S2. The lowest BCUT2D eigenvalue weighted by molar-refractivity contribution is 0.574. The largest absolute Gasteiger partial charge is 0.309 e. The summed E-state index contributed by atoms with van der Waals surface area (Å²) in [5, 5.41) is 7.19. The molecule has 3 aromatic heterocycles. The van der Waals surface area contributed by atoms with Crippen LogP contribution in [0.1, 0.15) is 19.5 Å². The molecule has 5 nitrogen and oxygen atoms in total. The summed E-state index contributed by atoms with van der Waals surface area (Å²) >= 11 is 3.15. The number of thiazole rings is 1. The van der Waals surface area contributed by atoms with E-state index in [4.69, 9.17) is 0 Å². The maximum Gasteiger partial charge on any atom is 0.194 e. The first-order chi connectivity index (χ1) is 9.74. The Morgan fingerprint density at radius 3 is 2.90 bits per heavy atom. The van der Waals surface area contributed by atoms with Crippen LogP contribution in [0.4, 0.5) is 0 Å². The van der Waals surface area contributed by atoms with E-state index in [1.807, 2.05) is 6.07 Å². The van der Waals surface area contributed by atoms with E-state index in [9.17, 15) is 0 Å². The smallest absolute Gasteiger partial charge is 0.194 e. The number of imidazole rings is 1. The number of hydrogen-bond acceptors (Lipinski definition) is 6. The molecule has 0 aromatic carbocycles. The van der Waals surface area contributed by atoms with E-state index in [2.05, 4.69) is 50.1 Å². The summed E-state index contributed by atoms with van der Waals surface area (Å²) in [6.45, 7) is 5.06. The Kier molecular flexibility index (Phi) is 4.00. The Hall–Kier alpha value is -1.44. The molecule has 0 amide bonds. The summed E-state index contributed by atoms with van der Waals surface area (Å²) in [6.07, 6.45) is 5.56. The van der Waals surface area contributed by atoms with Gasteiger partial charge in [-0.2, -0.15) is 0 Å². The summed E-state index contributed by atoms with van der Waals surface area (Å²) < 4.78 is 2.13. The van der Waals surface area contributed by atoms with Gasteiger partial charge in [0, 0.05) is 36.6 Å². The van der Waals surface area contributed by atoms with Gasteiger partial charge in [0.2, 0.25) is 0 Å². The molecule has 104 valence electrons. The van der Waals surface area contributed by atoms with Crippen LogP contribution in [0.5, 0.6) is 0 Å². The first kappa shape index (κ1) is 13.5. The van der Waals surface area contributed by atoms with Gasteiger partial charge in [-0.15, -0.1) is 11.3 Å². The molecule has 3 rings (SSSR count). The minimum atomic E-state index is 0.435. The van der Waals surface area contributed by atoms with Crippen LogP contribution in [0.15, 0.2) is 40.2 Å². The highest BCUT2D eigenvalue weighted by molar-refractivity contribution is 7.99. The Balaban J connectivity index is 1.92. The molecule has 0 aliphatic heterocycles. The van der Waals surface area contributed by atoms with Crippen molar-refractivity contribution in [2.75, 3.05) is 0 Å². The van der Waals surface area contributed by atoms with Crippen LogP contribution in [0.3, 0.4) is 0 Å². The molecule has 0 saturated heterocycles. The first-order valence-electron chi connectivity index (χ1n) is 6.36. The lowest BCUT2D eigenvalue weighted by Gasteiger charge is -2.08. The van der Waals surface area contributed by atoms with Crippen molar-refractivity contribution in [1.82, 2.24) is 24.7 Å². The van der Waals surface area contributed by atoms with E-state index >= 15 is 0 Å². The van der Waals surface area contributed by atoms with Gasteiger partial charge in [-0.1, -0.05) is 13.8 Å². The van der Waals surface area contributed by atoms with E-state index in [-0.39, 0.29) is 0 Å². The molecule has 0 aliphatic rings. The van der Waals surface area contributed by atoms with Crippen LogP contribution in [0, 0.1) is 0 Å². The molecule has 0 unspecified atom stereocenters. The topological polar surface area (TPSA) is 55.1 Å². The Bertz CT molecular complexity index is 689. The highest BCUT2D eigenvalue weighted by Gasteiger charge is 2.15. The van der Waals surface area contributed by atoms with Crippen molar-refractivity contribution in [2.45, 2.75) is 36.6 Å². The number of fused-ring (bicyclic) bond motifs is 1. The summed E-state index contributed by atoms with van der Waals surface area (Å²) in [5.74, 6) is 0. The van der Waals surface area contributed by atoms with Crippen molar-refractivity contribution in [1.29, 1.82) is 0 Å². The van der Waals surface area contributed by atoms with Gasteiger partial charge in [-0.25, -0.2) is 15.0 Å². The van der Waals surface area contributed by atoms with Crippen molar-refractivity contribution in [3.05, 3.63) is 35.7 Å². The van der Waals surface area contributed by atoms with E-state index in [1.54, 1.807) is 23.7 Å². The monoisotopic (exact) mass is 305 g/mol. The maximum absolute atomic E-state index is 4.67. The number of aromatic nitrogens is 4. The quantitative estimate of drug-likeness (QED) is 0.735. The Morgan fingerprint density at radius 1 is 1.35 bits per heavy atom. The number of nitrogens with zero attached hydrogens (tertiary/aromatic N) is 4. The van der Waals surface area contributed by atoms with Gasteiger partial charge in [0.25, 0.3) is 0 Å². The van der Waals surface area contributed by atoms with Gasteiger partial charge in [-0.05, 0) is 17.8 Å². The second-order valence-corrected chi connectivity index (χ2v) is 6.42. The van der Waals surface area contributed by atoms with Gasteiger partial charge in [0.05, 0.1) is 5.69 Å². The SMILES string of the molecule is CC(C)NCc1c(Sc2ncccn2)nc2sccn12. The van der Waals surface area contributed by atoms with E-state index in [1.165, 1.54) is 11.8 Å². The zero-order valence-corrected chi connectivity index (χ0v) is 12.9. The fourth-order valence-electron chi connectivity index (χ4n) is 1.78. The van der Waals surface area contributed by atoms with Crippen LogP contribution in [-0.2, 0) is 6.54 Å². The fourth-order valence-corrected chi connectivity index (χ4v) is 3.39. The minimum absolute atomic E-state index is 0.435. The van der Waals surface area contributed by atoms with Crippen LogP contribution in [0.25, 0.3) is 4.96 Å². The summed E-state index contributed by atoms with van der Waals surface area (Å²) in [5.41, 5.74) is 1.16. The van der Waals surface area contributed by atoms with Crippen molar-refractivity contribution in [3.63, 3.8) is 0 Å². The molecule has 3 heterocycles. The molecule has 0 aliphatic carbocycles. The maximum atomic E-state index is 4.67. The lowest BCUT2D eigenvalue weighted by atomic mass is 10.3. The third-order valence-electron chi connectivity index (χ3n) is 2.73. The minimum Gasteiger partial charge on any atom is -0.309 e. The molecule has 0 saturated carbocycles. The van der Waals surface area contributed by atoms with Crippen molar-refractivity contribution in [2.24, 2.45) is 0 Å². The van der Waals surface area contributed by atoms with E-state index in [0.29, 0.717) is 6.04 Å². The Labute approximate surface area is 125 Å². The first-order valence-corrected chi connectivity index (χ1v) is 8.06. The third-order valence-corrected chi connectivity index (χ3v) is 4.40. The zero-order chi connectivity index (χ0) is 13.9. The van der Waals surface area contributed by atoms with Crippen molar-refractivity contribution in [3.8, 4) is 0 Å². The molecule has 0 bridgehead atoms. The van der Waals surface area contributed by atoms with Crippen LogP contribution in [-0.4, -0.2) is 25.4 Å². The summed E-state index contributed by atoms with van der Waals surface area (Å²) in [4.78, 5) is 14.2. The summed E-state index contributed by atoms with van der Waals surface area (Å²) in [7, 11) is 0. The summed E-state index contributed by atoms with van der Waals surface area (Å²) in [6, 6.07) is 2.25. The standard InChI is InChI=1S/C13H15N5S2/c1-9(2)16-8-10-11(17-13-18(10)6-7-19-13)20-12-14-4-3-5-15-12/h3-7,9,16H,8H2,1-2H3. The number of rotatable bonds is 5. The molecule has 1 N–H and O–H groups in total. The molecule has 0 spiro atoms. The average molecular weight is 305 g/mol. The van der Waals surface area contributed by atoms with Crippen LogP contribution in [0.2, 0.25) is 0 Å². The highest BCUT2D eigenvalue weighted by Crippen LogP contribution is 2.29. The lowest BCUT2D eigenvalue weighted by Crippen LogP contribution is -2.22. The van der Waals surface area contributed by atoms with Crippen molar-refractivity contribution < 1.29 is 0 Å². The van der Waals surface area contributed by atoms with Crippen LogP contribution < -0.4 is 5.32 Å². The van der Waals surface area contributed by atoms with Gasteiger partial charge in [-0.3, -0.25) is 4.40 Å². The fraction of sp³-hybridized carbons (Fsp3) is 0.308. The van der Waals surface area contributed by atoms with E-state index in [0.717, 1.165) is 27.4 Å². The number of nitrogens with one attached hydrogen (secondary N) is 1. The van der Waals surface area contributed by atoms with E-state index < -0.39 is 0 Å². The zero-order valence-electron chi connectivity index (χ0n) is 11.3. The molecule has 3 aromatic rings. The van der Waals surface area contributed by atoms with Gasteiger partial charge in [0.1, 0.15) is 5.03 Å². The molecular weight excluding hydrogens is 290 g/mol. The third kappa shape index (κ3) is 2.84. The molecule has 0 fully saturated rings. The Morgan fingerprint density at radius 2 is 2.15 bits per heavy atom.